The summed E-state index contributed by atoms with van der Waals surface area (Å²) in [4.78, 5) is 16.4. The first kappa shape index (κ1) is 14.1. The summed E-state index contributed by atoms with van der Waals surface area (Å²) in [7, 11) is 0. The zero-order chi connectivity index (χ0) is 13.8. The van der Waals surface area contributed by atoms with Crippen molar-refractivity contribution >= 4 is 17.7 Å². The molecule has 104 valence electrons. The van der Waals surface area contributed by atoms with Gasteiger partial charge >= 0.3 is 6.09 Å². The summed E-state index contributed by atoms with van der Waals surface area (Å²) < 4.78 is 0. The Morgan fingerprint density at radius 1 is 1.63 bits per heavy atom. The van der Waals surface area contributed by atoms with Crippen molar-refractivity contribution in [1.29, 1.82) is 0 Å². The van der Waals surface area contributed by atoms with Crippen molar-refractivity contribution in [3.63, 3.8) is 0 Å². The Kier molecular flexibility index (Phi) is 4.61. The van der Waals surface area contributed by atoms with Crippen LogP contribution in [0.1, 0.15) is 18.9 Å². The van der Waals surface area contributed by atoms with Crippen molar-refractivity contribution in [1.82, 2.24) is 15.2 Å². The molecule has 1 aromatic heterocycles. The van der Waals surface area contributed by atoms with Gasteiger partial charge < -0.3 is 15.3 Å². The molecule has 2 heterocycles. The molecular weight excluding hydrogens is 266 g/mol. The first-order chi connectivity index (χ1) is 9.06. The molecule has 1 aromatic rings. The van der Waals surface area contributed by atoms with Crippen LogP contribution in [0.25, 0.3) is 0 Å². The van der Waals surface area contributed by atoms with Crippen LogP contribution in [0.5, 0.6) is 0 Å². The third-order valence-corrected chi connectivity index (χ3v) is 3.76. The second-order valence-corrected chi connectivity index (χ2v) is 5.36. The van der Waals surface area contributed by atoms with Gasteiger partial charge in [-0.1, -0.05) is 24.6 Å². The molecule has 0 aromatic carbocycles. The van der Waals surface area contributed by atoms with E-state index in [-0.39, 0.29) is 0 Å². The lowest BCUT2D eigenvalue weighted by molar-refractivity contribution is 0.110. The van der Waals surface area contributed by atoms with Crippen LogP contribution < -0.4 is 5.32 Å². The normalized spacial score (nSPS) is 23.4. The zero-order valence-electron chi connectivity index (χ0n) is 10.8. The van der Waals surface area contributed by atoms with E-state index >= 15 is 0 Å². The summed E-state index contributed by atoms with van der Waals surface area (Å²) in [6.45, 7) is 3.99. The minimum absolute atomic E-state index is 0.310. The predicted octanol–water partition coefficient (Wildman–Crippen LogP) is 2.21. The first-order valence-electron chi connectivity index (χ1n) is 6.38. The molecule has 1 aliphatic rings. The van der Waals surface area contributed by atoms with Gasteiger partial charge in [-0.3, -0.25) is 0 Å². The molecule has 19 heavy (non-hydrogen) atoms. The Balaban J connectivity index is 1.84. The first-order valence-corrected chi connectivity index (χ1v) is 6.75. The highest BCUT2D eigenvalue weighted by Gasteiger charge is 2.27. The molecule has 5 nitrogen and oxygen atoms in total. The number of rotatable bonds is 3. The number of carbonyl (C=O) groups is 1. The fourth-order valence-electron chi connectivity index (χ4n) is 2.38. The molecule has 0 saturated carbocycles. The average molecular weight is 284 g/mol. The van der Waals surface area contributed by atoms with Gasteiger partial charge in [0, 0.05) is 31.9 Å². The van der Waals surface area contributed by atoms with E-state index in [0.717, 1.165) is 18.5 Å². The standard InChI is InChI=1S/C13H18ClN3O2/c1-9-8-17(13(18)19)5-4-11(9)15-6-10-2-3-12(14)16-7-10/h2-3,7,9,11,15H,4-6,8H2,1H3,(H,18,19). The van der Waals surface area contributed by atoms with Gasteiger partial charge in [-0.15, -0.1) is 0 Å². The lowest BCUT2D eigenvalue weighted by atomic mass is 9.94. The third kappa shape index (κ3) is 3.81. The topological polar surface area (TPSA) is 65.5 Å². The SMILES string of the molecule is CC1CN(C(=O)O)CCC1NCc1ccc(Cl)nc1. The van der Waals surface area contributed by atoms with Crippen LogP contribution in [-0.2, 0) is 6.54 Å². The van der Waals surface area contributed by atoms with E-state index < -0.39 is 6.09 Å². The van der Waals surface area contributed by atoms with E-state index in [9.17, 15) is 4.79 Å². The highest BCUT2D eigenvalue weighted by molar-refractivity contribution is 6.29. The zero-order valence-corrected chi connectivity index (χ0v) is 11.6. The number of nitrogens with one attached hydrogen (secondary N) is 1. The van der Waals surface area contributed by atoms with E-state index in [2.05, 4.69) is 17.2 Å². The van der Waals surface area contributed by atoms with E-state index in [1.165, 1.54) is 4.90 Å². The summed E-state index contributed by atoms with van der Waals surface area (Å²) in [5, 5.41) is 12.9. The van der Waals surface area contributed by atoms with Gasteiger partial charge in [-0.05, 0) is 24.0 Å². The number of aromatic nitrogens is 1. The monoisotopic (exact) mass is 283 g/mol. The number of piperidine rings is 1. The molecule has 2 rings (SSSR count). The van der Waals surface area contributed by atoms with Crippen LogP contribution in [0.15, 0.2) is 18.3 Å². The minimum atomic E-state index is -0.827. The van der Waals surface area contributed by atoms with Crippen LogP contribution in [0.2, 0.25) is 5.15 Å². The lowest BCUT2D eigenvalue weighted by Gasteiger charge is -2.35. The van der Waals surface area contributed by atoms with Crippen molar-refractivity contribution in [2.24, 2.45) is 5.92 Å². The number of carboxylic acid groups (broad SMARTS) is 1. The van der Waals surface area contributed by atoms with Crippen molar-refractivity contribution in [2.45, 2.75) is 25.9 Å². The average Bonchev–Trinajstić information content (AvgIpc) is 2.39. The Labute approximate surface area is 117 Å². The molecule has 1 saturated heterocycles. The van der Waals surface area contributed by atoms with E-state index in [4.69, 9.17) is 16.7 Å². The summed E-state index contributed by atoms with van der Waals surface area (Å²) in [6, 6.07) is 4.06. The largest absolute Gasteiger partial charge is 0.465 e. The van der Waals surface area contributed by atoms with Crippen molar-refractivity contribution in [3.8, 4) is 0 Å². The molecular formula is C13H18ClN3O2. The molecule has 1 fully saturated rings. The highest BCUT2D eigenvalue weighted by atomic mass is 35.5. The van der Waals surface area contributed by atoms with Crippen LogP contribution in [0, 0.1) is 5.92 Å². The van der Waals surface area contributed by atoms with Crippen LogP contribution in [0.4, 0.5) is 4.79 Å². The van der Waals surface area contributed by atoms with Gasteiger partial charge in [0.05, 0.1) is 0 Å². The molecule has 1 aliphatic heterocycles. The van der Waals surface area contributed by atoms with Crippen LogP contribution in [0.3, 0.4) is 0 Å². The van der Waals surface area contributed by atoms with Crippen LogP contribution in [-0.4, -0.2) is 40.2 Å². The number of hydrogen-bond acceptors (Lipinski definition) is 3. The molecule has 1 amide bonds. The van der Waals surface area contributed by atoms with Crippen LogP contribution >= 0.6 is 11.6 Å². The number of likely N-dealkylation sites (tertiary alicyclic amines) is 1. The van der Waals surface area contributed by atoms with Gasteiger partial charge in [0.25, 0.3) is 0 Å². The predicted molar refractivity (Wildman–Crippen MR) is 73.3 cm³/mol. The second-order valence-electron chi connectivity index (χ2n) is 4.97. The Bertz CT molecular complexity index is 438. The van der Waals surface area contributed by atoms with Gasteiger partial charge in [-0.25, -0.2) is 9.78 Å². The summed E-state index contributed by atoms with van der Waals surface area (Å²) in [6.07, 6.45) is 1.77. The third-order valence-electron chi connectivity index (χ3n) is 3.53. The summed E-state index contributed by atoms with van der Waals surface area (Å²) >= 11 is 5.74. The number of pyridine rings is 1. The molecule has 0 bridgehead atoms. The maximum atomic E-state index is 10.9. The summed E-state index contributed by atoms with van der Waals surface area (Å²) in [5.74, 6) is 0.310. The number of halogens is 1. The Morgan fingerprint density at radius 3 is 3.00 bits per heavy atom. The van der Waals surface area contributed by atoms with Crippen molar-refractivity contribution in [2.75, 3.05) is 13.1 Å². The van der Waals surface area contributed by atoms with E-state index in [1.54, 1.807) is 12.3 Å². The fraction of sp³-hybridized carbons (Fsp3) is 0.538. The molecule has 2 atom stereocenters. The van der Waals surface area contributed by atoms with Gasteiger partial charge in [-0.2, -0.15) is 0 Å². The highest BCUT2D eigenvalue weighted by Crippen LogP contribution is 2.17. The van der Waals surface area contributed by atoms with E-state index in [1.807, 2.05) is 6.07 Å². The molecule has 2 N–H and O–H groups in total. The fourth-order valence-corrected chi connectivity index (χ4v) is 2.49. The van der Waals surface area contributed by atoms with Gasteiger partial charge in [0.15, 0.2) is 0 Å². The van der Waals surface area contributed by atoms with E-state index in [0.29, 0.717) is 30.2 Å². The number of hydrogen-bond donors (Lipinski definition) is 2. The smallest absolute Gasteiger partial charge is 0.407 e. The lowest BCUT2D eigenvalue weighted by Crippen LogP contribution is -2.49. The second kappa shape index (κ2) is 6.21. The maximum Gasteiger partial charge on any atom is 0.407 e. The molecule has 0 radical (unpaired) electrons. The molecule has 0 aliphatic carbocycles. The number of nitrogens with zero attached hydrogens (tertiary/aromatic N) is 2. The molecule has 6 heteroatoms. The summed E-state index contributed by atoms with van der Waals surface area (Å²) in [5.41, 5.74) is 1.08. The molecule has 2 unspecified atom stereocenters. The maximum absolute atomic E-state index is 10.9. The van der Waals surface area contributed by atoms with Gasteiger partial charge in [0.1, 0.15) is 5.15 Å². The van der Waals surface area contributed by atoms with Crippen molar-refractivity contribution in [3.05, 3.63) is 29.0 Å². The van der Waals surface area contributed by atoms with Gasteiger partial charge in [0.2, 0.25) is 0 Å². The Hall–Kier alpha value is -1.33. The number of amides is 1. The minimum Gasteiger partial charge on any atom is -0.465 e. The Morgan fingerprint density at radius 2 is 2.42 bits per heavy atom. The quantitative estimate of drug-likeness (QED) is 0.835. The molecule has 0 spiro atoms. The van der Waals surface area contributed by atoms with Crippen molar-refractivity contribution < 1.29 is 9.90 Å².